The number of benzene rings is 3. The summed E-state index contributed by atoms with van der Waals surface area (Å²) in [6.45, 7) is 8.26. The zero-order valence-corrected chi connectivity index (χ0v) is 21.5. The summed E-state index contributed by atoms with van der Waals surface area (Å²) in [5.74, 6) is 0.973. The maximum absolute atomic E-state index is 14.5. The molecule has 1 aliphatic heterocycles. The van der Waals surface area contributed by atoms with E-state index in [0.717, 1.165) is 30.5 Å². The van der Waals surface area contributed by atoms with Crippen molar-refractivity contribution in [3.05, 3.63) is 101 Å². The number of halogens is 1. The first-order valence-electron chi connectivity index (χ1n) is 13.1. The van der Waals surface area contributed by atoms with E-state index in [4.69, 9.17) is 4.74 Å². The number of nitrogens with one attached hydrogen (secondary N) is 1. The molecule has 0 spiro atoms. The fraction of sp³-hybridized carbons (Fsp3) is 0.387. The van der Waals surface area contributed by atoms with Crippen LogP contribution in [-0.4, -0.2) is 30.0 Å². The maximum atomic E-state index is 14.5. The van der Waals surface area contributed by atoms with Crippen LogP contribution >= 0.6 is 0 Å². The van der Waals surface area contributed by atoms with Gasteiger partial charge in [0.25, 0.3) is 5.91 Å². The van der Waals surface area contributed by atoms with Crippen LogP contribution in [0.2, 0.25) is 0 Å². The standard InChI is InChI=1S/C31H37FN2O2/c1-4-29(31(35)33-18-16-22(2)3)36-26-15-14-23-17-19-34(21-25-12-8-9-13-28(25)32)30(27(23)20-26)24-10-6-5-7-11-24/h5-15,20,22,29-30H,4,16-19,21H2,1-3H3,(H,33,35)/t29-,30+/m1/s1. The van der Waals surface area contributed by atoms with Gasteiger partial charge in [-0.1, -0.05) is 75.4 Å². The molecule has 4 rings (SSSR count). The van der Waals surface area contributed by atoms with Crippen molar-refractivity contribution in [2.45, 2.75) is 58.7 Å². The normalized spacial score (nSPS) is 16.4. The van der Waals surface area contributed by atoms with Crippen LogP contribution in [0.1, 0.15) is 61.9 Å². The molecule has 0 aromatic heterocycles. The smallest absolute Gasteiger partial charge is 0.261 e. The molecule has 3 aromatic rings. The molecule has 2 atom stereocenters. The van der Waals surface area contributed by atoms with Crippen LogP contribution < -0.4 is 10.1 Å². The number of amides is 1. The van der Waals surface area contributed by atoms with Gasteiger partial charge in [0.15, 0.2) is 6.10 Å². The Labute approximate surface area is 214 Å². The molecule has 4 nitrogen and oxygen atoms in total. The highest BCUT2D eigenvalue weighted by Gasteiger charge is 2.30. The molecule has 0 bridgehead atoms. The van der Waals surface area contributed by atoms with E-state index in [1.165, 1.54) is 11.6 Å². The summed E-state index contributed by atoms with van der Waals surface area (Å²) in [5, 5.41) is 3.01. The lowest BCUT2D eigenvalue weighted by Gasteiger charge is -2.38. The summed E-state index contributed by atoms with van der Waals surface area (Å²) >= 11 is 0. The second-order valence-electron chi connectivity index (χ2n) is 9.97. The first-order valence-corrected chi connectivity index (χ1v) is 13.1. The van der Waals surface area contributed by atoms with Gasteiger partial charge in [-0.2, -0.15) is 0 Å². The van der Waals surface area contributed by atoms with Gasteiger partial charge in [0.1, 0.15) is 11.6 Å². The van der Waals surface area contributed by atoms with Crippen LogP contribution in [0.25, 0.3) is 0 Å². The average Bonchev–Trinajstić information content (AvgIpc) is 2.88. The monoisotopic (exact) mass is 488 g/mol. The number of fused-ring (bicyclic) bond motifs is 1. The Morgan fingerprint density at radius 1 is 1.08 bits per heavy atom. The van der Waals surface area contributed by atoms with E-state index in [1.54, 1.807) is 6.07 Å². The first-order chi connectivity index (χ1) is 17.5. The molecule has 1 amide bonds. The molecule has 0 saturated carbocycles. The summed E-state index contributed by atoms with van der Waals surface area (Å²) in [6.07, 6.45) is 1.87. The van der Waals surface area contributed by atoms with E-state index in [-0.39, 0.29) is 17.8 Å². The Morgan fingerprint density at radius 2 is 1.83 bits per heavy atom. The maximum Gasteiger partial charge on any atom is 0.261 e. The zero-order chi connectivity index (χ0) is 25.5. The predicted molar refractivity (Wildman–Crippen MR) is 142 cm³/mol. The second kappa shape index (κ2) is 12.2. The Bertz CT molecular complexity index is 1150. The number of nitrogens with zero attached hydrogens (tertiary/aromatic N) is 1. The topological polar surface area (TPSA) is 41.6 Å². The van der Waals surface area contributed by atoms with E-state index >= 15 is 0 Å². The highest BCUT2D eigenvalue weighted by molar-refractivity contribution is 5.81. The molecule has 0 radical (unpaired) electrons. The lowest BCUT2D eigenvalue weighted by atomic mass is 9.87. The Morgan fingerprint density at radius 3 is 2.56 bits per heavy atom. The van der Waals surface area contributed by atoms with E-state index in [2.05, 4.69) is 48.3 Å². The Balaban J connectivity index is 1.60. The average molecular weight is 489 g/mol. The minimum Gasteiger partial charge on any atom is -0.481 e. The third kappa shape index (κ3) is 6.33. The fourth-order valence-corrected chi connectivity index (χ4v) is 4.84. The Hall–Kier alpha value is -3.18. The Kier molecular flexibility index (Phi) is 8.76. The summed E-state index contributed by atoms with van der Waals surface area (Å²) in [4.78, 5) is 15.1. The second-order valence-corrected chi connectivity index (χ2v) is 9.97. The molecule has 1 heterocycles. The number of hydrogen-bond donors (Lipinski definition) is 1. The molecular weight excluding hydrogens is 451 g/mol. The van der Waals surface area contributed by atoms with Gasteiger partial charge in [0.2, 0.25) is 0 Å². The quantitative estimate of drug-likeness (QED) is 0.364. The molecule has 36 heavy (non-hydrogen) atoms. The van der Waals surface area contributed by atoms with Crippen molar-refractivity contribution in [2.24, 2.45) is 5.92 Å². The SMILES string of the molecule is CC[C@@H](Oc1ccc2c(c1)[C@H](c1ccccc1)N(Cc1ccccc1F)CC2)C(=O)NCCC(C)C. The van der Waals surface area contributed by atoms with Crippen molar-refractivity contribution >= 4 is 5.91 Å². The van der Waals surface area contributed by atoms with Gasteiger partial charge >= 0.3 is 0 Å². The molecule has 0 saturated heterocycles. The third-order valence-electron chi connectivity index (χ3n) is 6.85. The number of hydrogen-bond acceptors (Lipinski definition) is 3. The van der Waals surface area contributed by atoms with E-state index in [1.807, 2.05) is 43.3 Å². The van der Waals surface area contributed by atoms with Crippen molar-refractivity contribution in [1.29, 1.82) is 0 Å². The van der Waals surface area contributed by atoms with Crippen LogP contribution in [0, 0.1) is 11.7 Å². The first kappa shape index (κ1) is 25.9. The minimum absolute atomic E-state index is 0.0296. The summed E-state index contributed by atoms with van der Waals surface area (Å²) in [7, 11) is 0. The van der Waals surface area contributed by atoms with Gasteiger partial charge in [0, 0.05) is 25.2 Å². The molecule has 0 unspecified atom stereocenters. The number of carbonyl (C=O) groups is 1. The van der Waals surface area contributed by atoms with Crippen molar-refractivity contribution in [2.75, 3.05) is 13.1 Å². The van der Waals surface area contributed by atoms with Crippen LogP contribution in [-0.2, 0) is 17.8 Å². The predicted octanol–water partition coefficient (Wildman–Crippen LogP) is 6.29. The lowest BCUT2D eigenvalue weighted by molar-refractivity contribution is -0.128. The lowest BCUT2D eigenvalue weighted by Crippen LogP contribution is -2.39. The molecule has 190 valence electrons. The minimum atomic E-state index is -0.538. The molecule has 1 N–H and O–H groups in total. The van der Waals surface area contributed by atoms with Crippen molar-refractivity contribution in [1.82, 2.24) is 10.2 Å². The number of ether oxygens (including phenoxy) is 1. The molecular formula is C31H37FN2O2. The molecule has 0 fully saturated rings. The van der Waals surface area contributed by atoms with Crippen molar-refractivity contribution < 1.29 is 13.9 Å². The zero-order valence-electron chi connectivity index (χ0n) is 21.5. The molecule has 1 aliphatic rings. The van der Waals surface area contributed by atoms with Crippen LogP contribution in [0.5, 0.6) is 5.75 Å². The van der Waals surface area contributed by atoms with Crippen LogP contribution in [0.15, 0.2) is 72.8 Å². The van der Waals surface area contributed by atoms with Crippen molar-refractivity contribution in [3.8, 4) is 5.75 Å². The highest BCUT2D eigenvalue weighted by atomic mass is 19.1. The van der Waals surface area contributed by atoms with E-state index in [0.29, 0.717) is 36.7 Å². The largest absolute Gasteiger partial charge is 0.481 e. The summed E-state index contributed by atoms with van der Waals surface area (Å²) in [6, 6.07) is 23.5. The van der Waals surface area contributed by atoms with Gasteiger partial charge < -0.3 is 10.1 Å². The van der Waals surface area contributed by atoms with Gasteiger partial charge in [-0.3, -0.25) is 9.69 Å². The van der Waals surface area contributed by atoms with E-state index < -0.39 is 6.10 Å². The molecule has 5 heteroatoms. The molecule has 0 aliphatic carbocycles. The van der Waals surface area contributed by atoms with Gasteiger partial charge in [0.05, 0.1) is 6.04 Å². The van der Waals surface area contributed by atoms with E-state index in [9.17, 15) is 9.18 Å². The van der Waals surface area contributed by atoms with Gasteiger partial charge in [-0.25, -0.2) is 4.39 Å². The van der Waals surface area contributed by atoms with Crippen LogP contribution in [0.3, 0.4) is 0 Å². The number of carbonyl (C=O) groups excluding carboxylic acids is 1. The van der Waals surface area contributed by atoms with Crippen LogP contribution in [0.4, 0.5) is 4.39 Å². The fourth-order valence-electron chi connectivity index (χ4n) is 4.84. The molecule has 3 aromatic carbocycles. The van der Waals surface area contributed by atoms with Gasteiger partial charge in [-0.05, 0) is 60.1 Å². The van der Waals surface area contributed by atoms with Gasteiger partial charge in [-0.15, -0.1) is 0 Å². The van der Waals surface area contributed by atoms with Crippen molar-refractivity contribution in [3.63, 3.8) is 0 Å². The summed E-state index contributed by atoms with van der Waals surface area (Å²) in [5.41, 5.74) is 4.26. The highest BCUT2D eigenvalue weighted by Crippen LogP contribution is 2.38. The summed E-state index contributed by atoms with van der Waals surface area (Å²) < 4.78 is 20.8. The number of rotatable bonds is 10. The third-order valence-corrected chi connectivity index (χ3v) is 6.85.